The van der Waals surface area contributed by atoms with E-state index in [-0.39, 0.29) is 5.91 Å². The fraction of sp³-hybridized carbons (Fsp3) is 0.533. The van der Waals surface area contributed by atoms with Crippen molar-refractivity contribution in [3.8, 4) is 0 Å². The molecule has 1 aromatic carbocycles. The van der Waals surface area contributed by atoms with Gasteiger partial charge in [0.2, 0.25) is 0 Å². The van der Waals surface area contributed by atoms with E-state index in [1.165, 1.54) is 25.9 Å². The van der Waals surface area contributed by atoms with E-state index in [1.807, 2.05) is 0 Å². The Labute approximate surface area is 131 Å². The number of thiol groups is 1. The number of carbonyl (C=O) groups is 1. The number of hydrogen-bond acceptors (Lipinski definition) is 3. The summed E-state index contributed by atoms with van der Waals surface area (Å²) in [7, 11) is 0. The zero-order valence-corrected chi connectivity index (χ0v) is 13.4. The first-order valence-electron chi connectivity index (χ1n) is 7.05. The highest BCUT2D eigenvalue weighted by molar-refractivity contribution is 7.80. The van der Waals surface area contributed by atoms with Crippen molar-refractivity contribution in [2.45, 2.75) is 24.7 Å². The molecule has 1 amide bonds. The molecule has 1 aromatic rings. The molecular formula is C15H21ClN2OS. The molecule has 1 atom stereocenters. The molecular weight excluding hydrogens is 292 g/mol. The van der Waals surface area contributed by atoms with E-state index in [0.717, 1.165) is 11.4 Å². The third-order valence-corrected chi connectivity index (χ3v) is 4.18. The standard InChI is InChI=1S/C15H21ClN2OS/c1-11(10-18-6-2-3-7-18)9-17-15(19)13-8-12(20)4-5-14(13)16/h4-5,8,11,20H,2-3,6-7,9-10H2,1H3,(H,17,19). The van der Waals surface area contributed by atoms with Gasteiger partial charge in [0.1, 0.15) is 0 Å². The van der Waals surface area contributed by atoms with Gasteiger partial charge in [-0.1, -0.05) is 18.5 Å². The molecule has 0 aliphatic carbocycles. The highest BCUT2D eigenvalue weighted by atomic mass is 35.5. The van der Waals surface area contributed by atoms with Crippen LogP contribution in [0.1, 0.15) is 30.1 Å². The Kier molecular flexibility index (Phi) is 5.75. The third kappa shape index (κ3) is 4.40. The first kappa shape index (κ1) is 15.7. The van der Waals surface area contributed by atoms with E-state index in [2.05, 4.69) is 29.8 Å². The van der Waals surface area contributed by atoms with Crippen LogP contribution in [0.2, 0.25) is 5.02 Å². The van der Waals surface area contributed by atoms with E-state index in [1.54, 1.807) is 18.2 Å². The smallest absolute Gasteiger partial charge is 0.252 e. The molecule has 5 heteroatoms. The van der Waals surface area contributed by atoms with Gasteiger partial charge in [0, 0.05) is 18.0 Å². The van der Waals surface area contributed by atoms with Gasteiger partial charge in [0.25, 0.3) is 5.91 Å². The summed E-state index contributed by atoms with van der Waals surface area (Å²) < 4.78 is 0. The van der Waals surface area contributed by atoms with Crippen LogP contribution in [0.25, 0.3) is 0 Å². The molecule has 0 saturated carbocycles. The van der Waals surface area contributed by atoms with Crippen molar-refractivity contribution in [1.29, 1.82) is 0 Å². The molecule has 20 heavy (non-hydrogen) atoms. The van der Waals surface area contributed by atoms with Crippen molar-refractivity contribution in [2.75, 3.05) is 26.2 Å². The van der Waals surface area contributed by atoms with Gasteiger partial charge in [0.05, 0.1) is 10.6 Å². The van der Waals surface area contributed by atoms with Crippen molar-refractivity contribution < 1.29 is 4.79 Å². The SMILES string of the molecule is CC(CNC(=O)c1cc(S)ccc1Cl)CN1CCCC1. The van der Waals surface area contributed by atoms with Gasteiger partial charge in [-0.2, -0.15) is 0 Å². The zero-order valence-electron chi connectivity index (χ0n) is 11.7. The first-order chi connectivity index (χ1) is 9.56. The Hall–Kier alpha value is -0.710. The van der Waals surface area contributed by atoms with Gasteiger partial charge in [-0.15, -0.1) is 12.6 Å². The second-order valence-electron chi connectivity index (χ2n) is 5.49. The zero-order chi connectivity index (χ0) is 14.5. The molecule has 1 N–H and O–H groups in total. The molecule has 1 fully saturated rings. The quantitative estimate of drug-likeness (QED) is 0.819. The molecule has 0 radical (unpaired) electrons. The summed E-state index contributed by atoms with van der Waals surface area (Å²) in [5, 5.41) is 3.42. The van der Waals surface area contributed by atoms with Crippen molar-refractivity contribution in [1.82, 2.24) is 10.2 Å². The molecule has 1 heterocycles. The second-order valence-corrected chi connectivity index (χ2v) is 6.41. The number of nitrogens with zero attached hydrogens (tertiary/aromatic N) is 1. The number of amides is 1. The molecule has 0 aromatic heterocycles. The molecule has 0 bridgehead atoms. The van der Waals surface area contributed by atoms with Crippen molar-refractivity contribution >= 4 is 30.1 Å². The van der Waals surface area contributed by atoms with Crippen molar-refractivity contribution in [3.63, 3.8) is 0 Å². The summed E-state index contributed by atoms with van der Waals surface area (Å²) in [4.78, 5) is 15.3. The fourth-order valence-electron chi connectivity index (χ4n) is 2.52. The molecule has 2 rings (SSSR count). The van der Waals surface area contributed by atoms with E-state index >= 15 is 0 Å². The van der Waals surface area contributed by atoms with Crippen LogP contribution in [0.5, 0.6) is 0 Å². The molecule has 0 spiro atoms. The van der Waals surface area contributed by atoms with Gasteiger partial charge in [-0.3, -0.25) is 4.79 Å². The van der Waals surface area contributed by atoms with Crippen LogP contribution in [0.15, 0.2) is 23.1 Å². The largest absolute Gasteiger partial charge is 0.352 e. The number of carbonyl (C=O) groups excluding carboxylic acids is 1. The average molecular weight is 313 g/mol. The van der Waals surface area contributed by atoms with Crippen molar-refractivity contribution in [2.24, 2.45) is 5.92 Å². The average Bonchev–Trinajstić information content (AvgIpc) is 2.91. The minimum absolute atomic E-state index is 0.126. The first-order valence-corrected chi connectivity index (χ1v) is 7.88. The topological polar surface area (TPSA) is 32.3 Å². The summed E-state index contributed by atoms with van der Waals surface area (Å²) in [5.41, 5.74) is 0.493. The molecule has 1 aliphatic heterocycles. The van der Waals surface area contributed by atoms with Crippen LogP contribution in [0.3, 0.4) is 0 Å². The Balaban J connectivity index is 1.83. The van der Waals surface area contributed by atoms with E-state index < -0.39 is 0 Å². The van der Waals surface area contributed by atoms with E-state index in [0.29, 0.717) is 23.0 Å². The number of nitrogens with one attached hydrogen (secondary N) is 1. The lowest BCUT2D eigenvalue weighted by Crippen LogP contribution is -2.34. The monoisotopic (exact) mass is 312 g/mol. The van der Waals surface area contributed by atoms with Gasteiger partial charge >= 0.3 is 0 Å². The highest BCUT2D eigenvalue weighted by Gasteiger charge is 2.16. The Morgan fingerprint density at radius 3 is 2.85 bits per heavy atom. The molecule has 1 saturated heterocycles. The van der Waals surface area contributed by atoms with Crippen LogP contribution in [-0.4, -0.2) is 37.0 Å². The van der Waals surface area contributed by atoms with Crippen LogP contribution < -0.4 is 5.32 Å². The van der Waals surface area contributed by atoms with Gasteiger partial charge < -0.3 is 10.2 Å². The van der Waals surface area contributed by atoms with Crippen molar-refractivity contribution in [3.05, 3.63) is 28.8 Å². The van der Waals surface area contributed by atoms with Gasteiger partial charge in [0.15, 0.2) is 0 Å². The normalized spacial score (nSPS) is 17.1. The Morgan fingerprint density at radius 1 is 1.45 bits per heavy atom. The summed E-state index contributed by atoms with van der Waals surface area (Å²) in [6, 6.07) is 5.18. The van der Waals surface area contributed by atoms with Crippen LogP contribution in [-0.2, 0) is 0 Å². The second kappa shape index (κ2) is 7.34. The minimum atomic E-state index is -0.126. The molecule has 3 nitrogen and oxygen atoms in total. The van der Waals surface area contributed by atoms with Gasteiger partial charge in [-0.25, -0.2) is 0 Å². The van der Waals surface area contributed by atoms with E-state index in [4.69, 9.17) is 11.6 Å². The summed E-state index contributed by atoms with van der Waals surface area (Å²) in [6.45, 7) is 6.25. The van der Waals surface area contributed by atoms with Crippen LogP contribution >= 0.6 is 24.2 Å². The number of halogens is 1. The maximum atomic E-state index is 12.1. The minimum Gasteiger partial charge on any atom is -0.352 e. The maximum Gasteiger partial charge on any atom is 0.252 e. The molecule has 1 aliphatic rings. The van der Waals surface area contributed by atoms with Crippen LogP contribution in [0, 0.1) is 5.92 Å². The summed E-state index contributed by atoms with van der Waals surface area (Å²) in [6.07, 6.45) is 2.59. The summed E-state index contributed by atoms with van der Waals surface area (Å²) >= 11 is 10.3. The lowest BCUT2D eigenvalue weighted by atomic mass is 10.1. The molecule has 1 unspecified atom stereocenters. The Bertz CT molecular complexity index is 475. The van der Waals surface area contributed by atoms with Crippen LogP contribution in [0.4, 0.5) is 0 Å². The fourth-order valence-corrected chi connectivity index (χ4v) is 2.93. The highest BCUT2D eigenvalue weighted by Crippen LogP contribution is 2.19. The Morgan fingerprint density at radius 2 is 2.15 bits per heavy atom. The maximum absolute atomic E-state index is 12.1. The number of likely N-dealkylation sites (tertiary alicyclic amines) is 1. The number of rotatable bonds is 5. The lowest BCUT2D eigenvalue weighted by molar-refractivity contribution is 0.0945. The third-order valence-electron chi connectivity index (χ3n) is 3.57. The lowest BCUT2D eigenvalue weighted by Gasteiger charge is -2.20. The predicted molar refractivity (Wildman–Crippen MR) is 85.9 cm³/mol. The number of benzene rings is 1. The molecule has 110 valence electrons. The van der Waals surface area contributed by atoms with E-state index in [9.17, 15) is 4.79 Å². The summed E-state index contributed by atoms with van der Waals surface area (Å²) in [5.74, 6) is 0.314. The number of hydrogen-bond donors (Lipinski definition) is 2. The predicted octanol–water partition coefficient (Wildman–Crippen LogP) is 3.09. The van der Waals surface area contributed by atoms with Gasteiger partial charge in [-0.05, 0) is 50.0 Å².